The fourth-order valence-corrected chi connectivity index (χ4v) is 0.802. The van der Waals surface area contributed by atoms with E-state index in [2.05, 4.69) is 4.99 Å². The maximum Gasteiger partial charge on any atom is 0.116 e. The molecule has 1 aromatic rings. The average Bonchev–Trinajstić information content (AvgIpc) is 2.01. The van der Waals surface area contributed by atoms with Gasteiger partial charge in [-0.05, 0) is 24.6 Å². The van der Waals surface area contributed by atoms with Gasteiger partial charge in [-0.25, -0.2) is 0 Å². The summed E-state index contributed by atoms with van der Waals surface area (Å²) in [4.78, 5) is 4.05. The third-order valence-electron chi connectivity index (χ3n) is 1.29. The molecule has 0 fully saturated rings. The lowest BCUT2D eigenvalue weighted by Crippen LogP contribution is -1.80. The molecule has 0 bridgehead atoms. The van der Waals surface area contributed by atoms with Crippen molar-refractivity contribution in [1.29, 1.82) is 0 Å². The molecule has 0 aliphatic rings. The summed E-state index contributed by atoms with van der Waals surface area (Å²) in [6, 6.07) is 7.02. The summed E-state index contributed by atoms with van der Waals surface area (Å²) in [5, 5.41) is 9.05. The van der Waals surface area contributed by atoms with Crippen LogP contribution in [-0.2, 0) is 0 Å². The van der Waals surface area contributed by atoms with Crippen LogP contribution in [0.5, 0.6) is 5.75 Å². The minimum atomic E-state index is 0.282. The van der Waals surface area contributed by atoms with Crippen molar-refractivity contribution in [3.8, 4) is 5.75 Å². The van der Waals surface area contributed by atoms with E-state index in [-0.39, 0.29) is 5.75 Å². The van der Waals surface area contributed by atoms with E-state index in [0.29, 0.717) is 0 Å². The van der Waals surface area contributed by atoms with E-state index in [1.165, 1.54) is 0 Å². The van der Waals surface area contributed by atoms with E-state index in [9.17, 15) is 0 Å². The zero-order valence-corrected chi connectivity index (χ0v) is 6.49. The van der Waals surface area contributed by atoms with Crippen molar-refractivity contribution in [2.75, 3.05) is 6.54 Å². The van der Waals surface area contributed by atoms with E-state index in [4.69, 9.17) is 5.11 Å². The molecule has 0 atom stereocenters. The second-order valence-electron chi connectivity index (χ2n) is 2.22. The Morgan fingerprint density at radius 1 is 1.55 bits per heavy atom. The van der Waals surface area contributed by atoms with Crippen molar-refractivity contribution in [2.24, 2.45) is 4.99 Å². The van der Waals surface area contributed by atoms with Crippen molar-refractivity contribution in [2.45, 2.75) is 6.92 Å². The number of hydrogen-bond donors (Lipinski definition) is 1. The van der Waals surface area contributed by atoms with Gasteiger partial charge >= 0.3 is 0 Å². The van der Waals surface area contributed by atoms with Gasteiger partial charge in [-0.1, -0.05) is 12.1 Å². The molecule has 0 amide bonds. The molecule has 0 aliphatic carbocycles. The van der Waals surface area contributed by atoms with Gasteiger partial charge in [0.05, 0.1) is 0 Å². The first-order chi connectivity index (χ1) is 5.33. The Labute approximate surface area is 66.2 Å². The summed E-state index contributed by atoms with van der Waals surface area (Å²) < 4.78 is 0. The van der Waals surface area contributed by atoms with Crippen LogP contribution >= 0.6 is 0 Å². The predicted octanol–water partition coefficient (Wildman–Crippen LogP) is 1.83. The standard InChI is InChI=1S/C9H11NO/c1-2-10-7-8-4-3-5-9(11)6-8/h3-7,11H,2H2,1H3. The maximum atomic E-state index is 9.05. The van der Waals surface area contributed by atoms with Crippen molar-refractivity contribution >= 4 is 6.21 Å². The number of nitrogens with zero attached hydrogens (tertiary/aromatic N) is 1. The highest BCUT2D eigenvalue weighted by atomic mass is 16.3. The first kappa shape index (κ1) is 7.79. The van der Waals surface area contributed by atoms with Crippen molar-refractivity contribution < 1.29 is 5.11 Å². The third kappa shape index (κ3) is 2.42. The summed E-state index contributed by atoms with van der Waals surface area (Å²) in [6.07, 6.45) is 1.75. The highest BCUT2D eigenvalue weighted by Crippen LogP contribution is 2.08. The van der Waals surface area contributed by atoms with Crippen LogP contribution in [0.2, 0.25) is 0 Å². The average molecular weight is 149 g/mol. The molecule has 0 saturated heterocycles. The Bertz CT molecular complexity index is 255. The fraction of sp³-hybridized carbons (Fsp3) is 0.222. The Hall–Kier alpha value is -1.31. The number of phenols is 1. The molecule has 0 saturated carbocycles. The van der Waals surface area contributed by atoms with Crippen LogP contribution in [0.15, 0.2) is 29.3 Å². The van der Waals surface area contributed by atoms with E-state index < -0.39 is 0 Å². The minimum Gasteiger partial charge on any atom is -0.508 e. The number of hydrogen-bond acceptors (Lipinski definition) is 2. The normalized spacial score (nSPS) is 10.6. The predicted molar refractivity (Wildman–Crippen MR) is 46.2 cm³/mol. The molecule has 0 aliphatic heterocycles. The maximum absolute atomic E-state index is 9.05. The van der Waals surface area contributed by atoms with E-state index >= 15 is 0 Å². The molecule has 1 rings (SSSR count). The minimum absolute atomic E-state index is 0.282. The molecule has 11 heavy (non-hydrogen) atoms. The van der Waals surface area contributed by atoms with Gasteiger partial charge in [0, 0.05) is 12.8 Å². The van der Waals surface area contributed by atoms with Crippen LogP contribution in [0.4, 0.5) is 0 Å². The zero-order valence-electron chi connectivity index (χ0n) is 6.49. The van der Waals surface area contributed by atoms with Gasteiger partial charge in [-0.2, -0.15) is 0 Å². The van der Waals surface area contributed by atoms with Gasteiger partial charge in [-0.3, -0.25) is 4.99 Å². The third-order valence-corrected chi connectivity index (χ3v) is 1.29. The van der Waals surface area contributed by atoms with E-state index in [1.807, 2.05) is 13.0 Å². The van der Waals surface area contributed by atoms with Gasteiger partial charge in [0.25, 0.3) is 0 Å². The molecule has 0 spiro atoms. The summed E-state index contributed by atoms with van der Waals surface area (Å²) in [6.45, 7) is 2.74. The SMILES string of the molecule is CCN=Cc1cccc(O)c1. The molecule has 1 N–H and O–H groups in total. The summed E-state index contributed by atoms with van der Waals surface area (Å²) in [5.74, 6) is 0.282. The first-order valence-electron chi connectivity index (χ1n) is 3.62. The molecule has 2 heteroatoms. The Morgan fingerprint density at radius 2 is 2.36 bits per heavy atom. The lowest BCUT2D eigenvalue weighted by atomic mass is 10.2. The molecular weight excluding hydrogens is 138 g/mol. The van der Waals surface area contributed by atoms with Gasteiger partial charge in [-0.15, -0.1) is 0 Å². The van der Waals surface area contributed by atoms with Crippen molar-refractivity contribution in [3.63, 3.8) is 0 Å². The molecular formula is C9H11NO. The number of benzene rings is 1. The second kappa shape index (κ2) is 3.76. The van der Waals surface area contributed by atoms with Crippen LogP contribution in [-0.4, -0.2) is 17.9 Å². The van der Waals surface area contributed by atoms with Crippen molar-refractivity contribution in [1.82, 2.24) is 0 Å². The second-order valence-corrected chi connectivity index (χ2v) is 2.22. The topological polar surface area (TPSA) is 32.6 Å². The van der Waals surface area contributed by atoms with E-state index in [1.54, 1.807) is 24.4 Å². The van der Waals surface area contributed by atoms with Gasteiger partial charge < -0.3 is 5.11 Å². The molecule has 0 radical (unpaired) electrons. The van der Waals surface area contributed by atoms with Crippen LogP contribution in [0.3, 0.4) is 0 Å². The molecule has 1 aromatic carbocycles. The molecule has 58 valence electrons. The molecule has 0 aromatic heterocycles. The van der Waals surface area contributed by atoms with Crippen LogP contribution in [0.1, 0.15) is 12.5 Å². The van der Waals surface area contributed by atoms with Crippen LogP contribution in [0, 0.1) is 0 Å². The summed E-state index contributed by atoms with van der Waals surface area (Å²) >= 11 is 0. The molecule has 2 nitrogen and oxygen atoms in total. The Kier molecular flexibility index (Phi) is 2.66. The largest absolute Gasteiger partial charge is 0.508 e. The highest BCUT2D eigenvalue weighted by molar-refractivity contribution is 5.80. The summed E-state index contributed by atoms with van der Waals surface area (Å²) in [5.41, 5.74) is 0.937. The van der Waals surface area contributed by atoms with Crippen LogP contribution < -0.4 is 0 Å². The zero-order chi connectivity index (χ0) is 8.10. The highest BCUT2D eigenvalue weighted by Gasteiger charge is 1.87. The van der Waals surface area contributed by atoms with E-state index in [0.717, 1.165) is 12.1 Å². The quantitative estimate of drug-likeness (QED) is 0.639. The first-order valence-corrected chi connectivity index (χ1v) is 3.62. The van der Waals surface area contributed by atoms with Crippen molar-refractivity contribution in [3.05, 3.63) is 29.8 Å². The molecule has 0 unspecified atom stereocenters. The lowest BCUT2D eigenvalue weighted by Gasteiger charge is -1.92. The number of aromatic hydroxyl groups is 1. The Morgan fingerprint density at radius 3 is 3.00 bits per heavy atom. The lowest BCUT2D eigenvalue weighted by molar-refractivity contribution is 0.475. The number of rotatable bonds is 2. The van der Waals surface area contributed by atoms with Gasteiger partial charge in [0.1, 0.15) is 5.75 Å². The van der Waals surface area contributed by atoms with Crippen LogP contribution in [0.25, 0.3) is 0 Å². The molecule has 0 heterocycles. The summed E-state index contributed by atoms with van der Waals surface area (Å²) in [7, 11) is 0. The van der Waals surface area contributed by atoms with Gasteiger partial charge in [0.15, 0.2) is 0 Å². The fourth-order valence-electron chi connectivity index (χ4n) is 0.802. The van der Waals surface area contributed by atoms with Gasteiger partial charge in [0.2, 0.25) is 0 Å². The number of aliphatic imine (C=N–C) groups is 1. The monoisotopic (exact) mass is 149 g/mol. The Balaban J connectivity index is 2.79. The smallest absolute Gasteiger partial charge is 0.116 e. The number of phenolic OH excluding ortho intramolecular Hbond substituents is 1.